The van der Waals surface area contributed by atoms with Gasteiger partial charge in [0.2, 0.25) is 6.79 Å². The molecule has 2 aliphatic rings. The lowest BCUT2D eigenvalue weighted by Gasteiger charge is -2.22. The third-order valence-corrected chi connectivity index (χ3v) is 7.12. The van der Waals surface area contributed by atoms with Crippen LogP contribution in [-0.2, 0) is 16.0 Å². The number of hydrogen-bond donors (Lipinski definition) is 1. The van der Waals surface area contributed by atoms with Crippen LogP contribution in [0.15, 0.2) is 72.8 Å². The molecule has 7 nitrogen and oxygen atoms in total. The lowest BCUT2D eigenvalue weighted by molar-refractivity contribution is -0.124. The summed E-state index contributed by atoms with van der Waals surface area (Å²) in [6.45, 7) is 1.76. The van der Waals surface area contributed by atoms with E-state index >= 15 is 0 Å². The molecule has 0 bridgehead atoms. The Morgan fingerprint density at radius 1 is 1.00 bits per heavy atom. The van der Waals surface area contributed by atoms with Gasteiger partial charge in [0.1, 0.15) is 0 Å². The van der Waals surface area contributed by atoms with E-state index in [1.165, 1.54) is 0 Å². The second kappa shape index (κ2) is 10.6. The lowest BCUT2D eigenvalue weighted by atomic mass is 9.86. The summed E-state index contributed by atoms with van der Waals surface area (Å²) >= 11 is 0. The van der Waals surface area contributed by atoms with Crippen molar-refractivity contribution in [1.82, 2.24) is 10.3 Å². The Kier molecular flexibility index (Phi) is 6.71. The van der Waals surface area contributed by atoms with E-state index in [-0.39, 0.29) is 25.3 Å². The van der Waals surface area contributed by atoms with Gasteiger partial charge in [0.15, 0.2) is 18.1 Å². The number of nitrogens with zero attached hydrogens (tertiary/aromatic N) is 1. The van der Waals surface area contributed by atoms with Gasteiger partial charge in [-0.05, 0) is 72.7 Å². The highest BCUT2D eigenvalue weighted by Gasteiger charge is 2.27. The molecule has 0 spiro atoms. The van der Waals surface area contributed by atoms with Crippen molar-refractivity contribution in [3.8, 4) is 11.5 Å². The fraction of sp³-hybridized carbons (Fsp3) is 0.219. The van der Waals surface area contributed by atoms with Crippen LogP contribution in [0.5, 0.6) is 11.5 Å². The summed E-state index contributed by atoms with van der Waals surface area (Å²) in [6, 6.07) is 22.9. The maximum atomic E-state index is 13.5. The zero-order valence-electron chi connectivity index (χ0n) is 21.6. The first-order valence-electron chi connectivity index (χ1n) is 13.1. The van der Waals surface area contributed by atoms with Gasteiger partial charge in [-0.2, -0.15) is 0 Å². The summed E-state index contributed by atoms with van der Waals surface area (Å²) in [5, 5.41) is 3.62. The SMILES string of the molecule is CC(NC(=O)COC(=O)c1c2c(nc3ccccc13)C(=Cc1ccc3c(c1)OCO3)CCC2)c1ccccc1. The molecule has 0 saturated heterocycles. The zero-order chi connectivity index (χ0) is 26.8. The summed E-state index contributed by atoms with van der Waals surface area (Å²) in [7, 11) is 0. The molecule has 39 heavy (non-hydrogen) atoms. The van der Waals surface area contributed by atoms with Crippen molar-refractivity contribution in [3.63, 3.8) is 0 Å². The highest BCUT2D eigenvalue weighted by molar-refractivity contribution is 6.07. The number of fused-ring (bicyclic) bond motifs is 3. The van der Waals surface area contributed by atoms with Crippen LogP contribution >= 0.6 is 0 Å². The number of carbonyl (C=O) groups excluding carboxylic acids is 2. The molecule has 0 saturated carbocycles. The number of benzene rings is 3. The second-order valence-electron chi connectivity index (χ2n) is 9.74. The van der Waals surface area contributed by atoms with Crippen molar-refractivity contribution in [3.05, 3.63) is 101 Å². The molecule has 0 radical (unpaired) electrons. The zero-order valence-corrected chi connectivity index (χ0v) is 21.6. The summed E-state index contributed by atoms with van der Waals surface area (Å²) in [5.41, 5.74) is 5.85. The van der Waals surface area contributed by atoms with Crippen molar-refractivity contribution in [2.45, 2.75) is 32.2 Å². The molecule has 0 fully saturated rings. The third kappa shape index (κ3) is 5.08. The van der Waals surface area contributed by atoms with E-state index in [2.05, 4.69) is 11.4 Å². The molecule has 3 aromatic carbocycles. The maximum absolute atomic E-state index is 13.5. The Hall–Kier alpha value is -4.65. The third-order valence-electron chi connectivity index (χ3n) is 7.12. The number of allylic oxidation sites excluding steroid dienone is 1. The number of esters is 1. The first-order valence-corrected chi connectivity index (χ1v) is 13.1. The Morgan fingerprint density at radius 3 is 2.67 bits per heavy atom. The number of amides is 1. The quantitative estimate of drug-likeness (QED) is 0.320. The monoisotopic (exact) mass is 520 g/mol. The van der Waals surface area contributed by atoms with Crippen molar-refractivity contribution in [1.29, 1.82) is 0 Å². The van der Waals surface area contributed by atoms with Gasteiger partial charge >= 0.3 is 5.97 Å². The second-order valence-corrected chi connectivity index (χ2v) is 9.74. The van der Waals surface area contributed by atoms with E-state index < -0.39 is 5.97 Å². The van der Waals surface area contributed by atoms with Crippen LogP contribution < -0.4 is 14.8 Å². The summed E-state index contributed by atoms with van der Waals surface area (Å²) in [4.78, 5) is 31.1. The van der Waals surface area contributed by atoms with Crippen molar-refractivity contribution >= 4 is 34.4 Å². The van der Waals surface area contributed by atoms with Gasteiger partial charge in [-0.1, -0.05) is 54.6 Å². The van der Waals surface area contributed by atoms with Gasteiger partial charge in [0.05, 0.1) is 22.8 Å². The van der Waals surface area contributed by atoms with Crippen LogP contribution in [0, 0.1) is 0 Å². The van der Waals surface area contributed by atoms with Crippen LogP contribution in [0.1, 0.15) is 58.5 Å². The number of carbonyl (C=O) groups is 2. The summed E-state index contributed by atoms with van der Waals surface area (Å²) < 4.78 is 16.6. The highest BCUT2D eigenvalue weighted by atomic mass is 16.7. The molecular formula is C32H28N2O5. The predicted octanol–water partition coefficient (Wildman–Crippen LogP) is 5.87. The van der Waals surface area contributed by atoms with Gasteiger partial charge in [0, 0.05) is 5.39 Å². The minimum atomic E-state index is -0.517. The summed E-state index contributed by atoms with van der Waals surface area (Å²) in [6.07, 6.45) is 4.50. The number of hydrogen-bond acceptors (Lipinski definition) is 6. The first kappa shape index (κ1) is 24.7. The van der Waals surface area contributed by atoms with Crippen molar-refractivity contribution in [2.75, 3.05) is 13.4 Å². The Balaban J connectivity index is 1.28. The van der Waals surface area contributed by atoms with E-state index in [9.17, 15) is 9.59 Å². The van der Waals surface area contributed by atoms with Gasteiger partial charge in [-0.25, -0.2) is 9.78 Å². The van der Waals surface area contributed by atoms with Crippen LogP contribution in [-0.4, -0.2) is 30.3 Å². The minimum absolute atomic E-state index is 0.198. The van der Waals surface area contributed by atoms with Gasteiger partial charge in [-0.3, -0.25) is 4.79 Å². The molecule has 1 aliphatic heterocycles. The largest absolute Gasteiger partial charge is 0.454 e. The molecule has 6 rings (SSSR count). The molecule has 1 unspecified atom stereocenters. The highest BCUT2D eigenvalue weighted by Crippen LogP contribution is 2.38. The standard InChI is InChI=1S/C32H28N2O5/c1-20(22-8-3-2-4-9-22)33-29(35)18-37-32(36)30-24-11-5-6-13-26(24)34-31-23(10-7-12-25(30)31)16-21-14-15-27-28(17-21)39-19-38-27/h2-6,8-9,11,13-17,20H,7,10,12,18-19H2,1H3,(H,33,35). The lowest BCUT2D eigenvalue weighted by Crippen LogP contribution is -2.31. The van der Waals surface area contributed by atoms with E-state index in [0.29, 0.717) is 17.5 Å². The van der Waals surface area contributed by atoms with Gasteiger partial charge < -0.3 is 19.5 Å². The smallest absolute Gasteiger partial charge is 0.339 e. The number of para-hydroxylation sites is 1. The van der Waals surface area contributed by atoms with Crippen LogP contribution in [0.25, 0.3) is 22.6 Å². The van der Waals surface area contributed by atoms with Gasteiger partial charge in [-0.15, -0.1) is 0 Å². The van der Waals surface area contributed by atoms with E-state index in [1.807, 2.05) is 79.7 Å². The fourth-order valence-electron chi connectivity index (χ4n) is 5.22. The van der Waals surface area contributed by atoms with Crippen molar-refractivity contribution in [2.24, 2.45) is 0 Å². The molecule has 1 aliphatic carbocycles. The molecule has 1 N–H and O–H groups in total. The molecule has 1 amide bonds. The number of rotatable bonds is 6. The fourth-order valence-corrected chi connectivity index (χ4v) is 5.22. The van der Waals surface area contributed by atoms with Crippen LogP contribution in [0.4, 0.5) is 0 Å². The first-order chi connectivity index (χ1) is 19.1. The van der Waals surface area contributed by atoms with Crippen LogP contribution in [0.2, 0.25) is 0 Å². The minimum Gasteiger partial charge on any atom is -0.454 e. The Bertz CT molecular complexity index is 1600. The average Bonchev–Trinajstić information content (AvgIpc) is 3.43. The molecule has 1 atom stereocenters. The van der Waals surface area contributed by atoms with E-state index in [0.717, 1.165) is 57.7 Å². The molecule has 196 valence electrons. The molecule has 1 aromatic heterocycles. The summed E-state index contributed by atoms with van der Waals surface area (Å²) in [5.74, 6) is 0.584. The Labute approximate surface area is 226 Å². The number of ether oxygens (including phenoxy) is 3. The van der Waals surface area contributed by atoms with Crippen molar-refractivity contribution < 1.29 is 23.8 Å². The average molecular weight is 521 g/mol. The van der Waals surface area contributed by atoms with E-state index in [4.69, 9.17) is 19.2 Å². The topological polar surface area (TPSA) is 86.8 Å². The maximum Gasteiger partial charge on any atom is 0.339 e. The molecule has 2 heterocycles. The Morgan fingerprint density at radius 2 is 1.79 bits per heavy atom. The predicted molar refractivity (Wildman–Crippen MR) is 148 cm³/mol. The normalized spacial score (nSPS) is 15.6. The molecule has 4 aromatic rings. The van der Waals surface area contributed by atoms with E-state index in [1.54, 1.807) is 0 Å². The number of nitrogens with one attached hydrogen (secondary N) is 1. The van der Waals surface area contributed by atoms with Gasteiger partial charge in [0.25, 0.3) is 5.91 Å². The molecule has 7 heteroatoms. The van der Waals surface area contributed by atoms with Crippen LogP contribution in [0.3, 0.4) is 0 Å². The number of aromatic nitrogens is 1. The number of pyridine rings is 1. The molecular weight excluding hydrogens is 492 g/mol.